The molecule has 2 aromatic rings. The van der Waals surface area contributed by atoms with Crippen molar-refractivity contribution in [1.29, 1.82) is 5.26 Å². The molecule has 0 radical (unpaired) electrons. The minimum Gasteiger partial charge on any atom is -0.240 e. The van der Waals surface area contributed by atoms with Crippen molar-refractivity contribution in [1.82, 2.24) is 9.78 Å². The smallest absolute Gasteiger partial charge is 0.0798 e. The van der Waals surface area contributed by atoms with Crippen LogP contribution in [0.15, 0.2) is 30.5 Å². The second-order valence-corrected chi connectivity index (χ2v) is 3.95. The zero-order valence-electron chi connectivity index (χ0n) is 8.81. The highest BCUT2D eigenvalue weighted by Crippen LogP contribution is 2.15. The molecule has 0 N–H and O–H groups in total. The Kier molecular flexibility index (Phi) is 2.93. The lowest BCUT2D eigenvalue weighted by atomic mass is 10.2. The maximum absolute atomic E-state index is 8.64. The van der Waals surface area contributed by atoms with E-state index < -0.39 is 0 Å². The van der Waals surface area contributed by atoms with Crippen LogP contribution in [0.3, 0.4) is 0 Å². The minimum absolute atomic E-state index is 0.340. The molecule has 0 aliphatic rings. The molecule has 0 spiro atoms. The second-order valence-electron chi connectivity index (χ2n) is 3.51. The van der Waals surface area contributed by atoms with Crippen LogP contribution in [0.25, 0.3) is 5.69 Å². The van der Waals surface area contributed by atoms with Gasteiger partial charge in [0.05, 0.1) is 23.9 Å². The number of hydrogen-bond donors (Lipinski definition) is 0. The largest absolute Gasteiger partial charge is 0.240 e. The average Bonchev–Trinajstić information content (AvgIpc) is 2.62. The second kappa shape index (κ2) is 4.38. The third-order valence-electron chi connectivity index (χ3n) is 2.34. The van der Waals surface area contributed by atoms with E-state index in [1.165, 1.54) is 0 Å². The van der Waals surface area contributed by atoms with Crippen molar-refractivity contribution in [2.75, 3.05) is 0 Å². The van der Waals surface area contributed by atoms with Gasteiger partial charge in [-0.15, -0.1) is 0 Å². The fraction of sp³-hybridized carbons (Fsp3) is 0.167. The standard InChI is InChI=1S/C12H10ClN3/c1-9-8-16(15-12(9)6-7-14)11-4-2-10(13)3-5-11/h2-5,8H,6H2,1H3. The summed E-state index contributed by atoms with van der Waals surface area (Å²) >= 11 is 5.81. The molecule has 0 fully saturated rings. The van der Waals surface area contributed by atoms with Gasteiger partial charge in [0.1, 0.15) is 0 Å². The van der Waals surface area contributed by atoms with Crippen molar-refractivity contribution in [2.24, 2.45) is 0 Å². The summed E-state index contributed by atoms with van der Waals surface area (Å²) in [5, 5.41) is 13.7. The van der Waals surface area contributed by atoms with Crippen molar-refractivity contribution < 1.29 is 0 Å². The van der Waals surface area contributed by atoms with E-state index in [4.69, 9.17) is 16.9 Å². The maximum Gasteiger partial charge on any atom is 0.0798 e. The predicted octanol–water partition coefficient (Wildman–Crippen LogP) is 2.90. The van der Waals surface area contributed by atoms with E-state index in [9.17, 15) is 0 Å². The van der Waals surface area contributed by atoms with Gasteiger partial charge < -0.3 is 0 Å². The highest BCUT2D eigenvalue weighted by atomic mass is 35.5. The van der Waals surface area contributed by atoms with Gasteiger partial charge in [0.25, 0.3) is 0 Å². The van der Waals surface area contributed by atoms with Crippen LogP contribution in [0.5, 0.6) is 0 Å². The number of benzene rings is 1. The minimum atomic E-state index is 0.340. The highest BCUT2D eigenvalue weighted by Gasteiger charge is 2.05. The lowest BCUT2D eigenvalue weighted by Gasteiger charge is -2.00. The van der Waals surface area contributed by atoms with Crippen LogP contribution in [0.1, 0.15) is 11.3 Å². The Bertz CT molecular complexity index is 534. The molecule has 16 heavy (non-hydrogen) atoms. The van der Waals surface area contributed by atoms with Gasteiger partial charge in [-0.1, -0.05) is 11.6 Å². The van der Waals surface area contributed by atoms with E-state index >= 15 is 0 Å². The third-order valence-corrected chi connectivity index (χ3v) is 2.59. The molecule has 0 aliphatic carbocycles. The Morgan fingerprint density at radius 2 is 2.06 bits per heavy atom. The molecule has 0 saturated carbocycles. The average molecular weight is 232 g/mol. The Labute approximate surface area is 98.9 Å². The molecule has 3 nitrogen and oxygen atoms in total. The van der Waals surface area contributed by atoms with E-state index in [0.29, 0.717) is 11.4 Å². The molecule has 0 unspecified atom stereocenters. The third kappa shape index (κ3) is 2.07. The van der Waals surface area contributed by atoms with Crippen LogP contribution < -0.4 is 0 Å². The number of rotatable bonds is 2. The van der Waals surface area contributed by atoms with E-state index in [-0.39, 0.29) is 0 Å². The number of nitriles is 1. The summed E-state index contributed by atoms with van der Waals surface area (Å²) in [6, 6.07) is 9.52. The summed E-state index contributed by atoms with van der Waals surface area (Å²) in [5.41, 5.74) is 2.78. The fourth-order valence-corrected chi connectivity index (χ4v) is 1.60. The molecule has 0 bridgehead atoms. The molecule has 1 aromatic heterocycles. The van der Waals surface area contributed by atoms with Gasteiger partial charge in [-0.3, -0.25) is 0 Å². The summed E-state index contributed by atoms with van der Waals surface area (Å²) in [6.45, 7) is 1.95. The Morgan fingerprint density at radius 3 is 2.69 bits per heavy atom. The molecule has 80 valence electrons. The van der Waals surface area contributed by atoms with E-state index in [1.807, 2.05) is 37.4 Å². The Morgan fingerprint density at radius 1 is 1.38 bits per heavy atom. The van der Waals surface area contributed by atoms with E-state index in [2.05, 4.69) is 11.2 Å². The maximum atomic E-state index is 8.64. The summed E-state index contributed by atoms with van der Waals surface area (Å²) in [7, 11) is 0. The first-order valence-electron chi connectivity index (χ1n) is 4.89. The molecule has 4 heteroatoms. The van der Waals surface area contributed by atoms with Crippen molar-refractivity contribution in [3.05, 3.63) is 46.7 Å². The summed E-state index contributed by atoms with van der Waals surface area (Å²) in [5.74, 6) is 0. The van der Waals surface area contributed by atoms with Crippen molar-refractivity contribution in [3.63, 3.8) is 0 Å². The van der Waals surface area contributed by atoms with Crippen LogP contribution in [0, 0.1) is 18.3 Å². The lowest BCUT2D eigenvalue weighted by Crippen LogP contribution is -1.95. The van der Waals surface area contributed by atoms with Crippen molar-refractivity contribution >= 4 is 11.6 Å². The van der Waals surface area contributed by atoms with Crippen molar-refractivity contribution in [3.8, 4) is 11.8 Å². The van der Waals surface area contributed by atoms with Gasteiger partial charge in [-0.2, -0.15) is 10.4 Å². The van der Waals surface area contributed by atoms with Gasteiger partial charge in [0.2, 0.25) is 0 Å². The number of halogens is 1. The fourth-order valence-electron chi connectivity index (χ4n) is 1.47. The van der Waals surface area contributed by atoms with Crippen LogP contribution >= 0.6 is 11.6 Å². The summed E-state index contributed by atoms with van der Waals surface area (Å²) in [4.78, 5) is 0. The molecule has 1 heterocycles. The molecular weight excluding hydrogens is 222 g/mol. The zero-order chi connectivity index (χ0) is 11.5. The van der Waals surface area contributed by atoms with Gasteiger partial charge in [-0.25, -0.2) is 4.68 Å². The number of aryl methyl sites for hydroxylation is 1. The molecule has 2 rings (SSSR count). The summed E-state index contributed by atoms with van der Waals surface area (Å²) in [6.07, 6.45) is 2.25. The Balaban J connectivity index is 2.38. The van der Waals surface area contributed by atoms with Gasteiger partial charge in [0.15, 0.2) is 0 Å². The number of nitrogens with zero attached hydrogens (tertiary/aromatic N) is 3. The van der Waals surface area contributed by atoms with Crippen LogP contribution in [0.4, 0.5) is 0 Å². The van der Waals surface area contributed by atoms with Crippen LogP contribution in [0.2, 0.25) is 5.02 Å². The number of aromatic nitrogens is 2. The molecule has 1 aromatic carbocycles. The molecule has 0 amide bonds. The van der Waals surface area contributed by atoms with Crippen LogP contribution in [-0.2, 0) is 6.42 Å². The summed E-state index contributed by atoms with van der Waals surface area (Å²) < 4.78 is 1.76. The van der Waals surface area contributed by atoms with E-state index in [1.54, 1.807) is 4.68 Å². The van der Waals surface area contributed by atoms with E-state index in [0.717, 1.165) is 16.9 Å². The molecule has 0 saturated heterocycles. The number of hydrogen-bond acceptors (Lipinski definition) is 2. The first-order valence-corrected chi connectivity index (χ1v) is 5.26. The van der Waals surface area contributed by atoms with Crippen molar-refractivity contribution in [2.45, 2.75) is 13.3 Å². The quantitative estimate of drug-likeness (QED) is 0.798. The normalized spacial score (nSPS) is 10.1. The first-order chi connectivity index (χ1) is 7.70. The predicted molar refractivity (Wildman–Crippen MR) is 62.6 cm³/mol. The SMILES string of the molecule is Cc1cn(-c2ccc(Cl)cc2)nc1CC#N. The van der Waals surface area contributed by atoms with Gasteiger partial charge in [-0.05, 0) is 36.8 Å². The first kappa shape index (κ1) is 10.7. The van der Waals surface area contributed by atoms with Gasteiger partial charge >= 0.3 is 0 Å². The molecule has 0 aliphatic heterocycles. The van der Waals surface area contributed by atoms with Gasteiger partial charge in [0, 0.05) is 11.2 Å². The van der Waals surface area contributed by atoms with Crippen LogP contribution in [-0.4, -0.2) is 9.78 Å². The topological polar surface area (TPSA) is 41.6 Å². The highest BCUT2D eigenvalue weighted by molar-refractivity contribution is 6.30. The monoisotopic (exact) mass is 231 g/mol. The zero-order valence-corrected chi connectivity index (χ0v) is 9.57. The molecular formula is C12H10ClN3. The lowest BCUT2D eigenvalue weighted by molar-refractivity contribution is 0.853. The molecule has 0 atom stereocenters. The Hall–Kier alpha value is -1.79.